The van der Waals surface area contributed by atoms with Crippen LogP contribution >= 0.6 is 22.7 Å². The third-order valence-corrected chi connectivity index (χ3v) is 4.92. The van der Waals surface area contributed by atoms with Gasteiger partial charge in [0.1, 0.15) is 0 Å². The maximum absolute atomic E-state index is 12.1. The molecule has 2 aromatic heterocycles. The predicted molar refractivity (Wildman–Crippen MR) is 104 cm³/mol. The first-order valence-corrected chi connectivity index (χ1v) is 9.59. The van der Waals surface area contributed by atoms with Crippen LogP contribution < -0.4 is 16.4 Å². The molecule has 0 saturated carbocycles. The molecule has 0 unspecified atom stereocenters. The quantitative estimate of drug-likeness (QED) is 0.558. The standard InChI is InChI=1S/C17H15N5O3S2/c18-13(23)6-11-8-26-16(19-11)21-14(24)7-12-9-27-17(20-12)22-15(25)10-4-2-1-3-5-10/h1-5,8-9H,6-7H2,(H2,18,23)(H,19,21,24)(H,20,22,25). The number of carbonyl (C=O) groups is 3. The number of nitrogens with two attached hydrogens (primary N) is 1. The molecule has 0 aliphatic heterocycles. The Balaban J connectivity index is 1.54. The van der Waals surface area contributed by atoms with Crippen molar-refractivity contribution in [1.82, 2.24) is 9.97 Å². The summed E-state index contributed by atoms with van der Waals surface area (Å²) in [6.07, 6.45) is 0.0748. The van der Waals surface area contributed by atoms with Gasteiger partial charge in [-0.25, -0.2) is 9.97 Å². The summed E-state index contributed by atoms with van der Waals surface area (Å²) in [4.78, 5) is 43.5. The van der Waals surface area contributed by atoms with Crippen LogP contribution in [0, 0.1) is 0 Å². The molecular weight excluding hydrogens is 386 g/mol. The summed E-state index contributed by atoms with van der Waals surface area (Å²) in [6, 6.07) is 8.80. The zero-order valence-electron chi connectivity index (χ0n) is 14.0. The summed E-state index contributed by atoms with van der Waals surface area (Å²) < 4.78 is 0. The summed E-state index contributed by atoms with van der Waals surface area (Å²) in [5.41, 5.74) is 6.70. The molecule has 0 bridgehead atoms. The molecule has 2 heterocycles. The zero-order valence-corrected chi connectivity index (χ0v) is 15.6. The van der Waals surface area contributed by atoms with Crippen molar-refractivity contribution in [2.75, 3.05) is 10.6 Å². The van der Waals surface area contributed by atoms with Crippen molar-refractivity contribution >= 4 is 50.7 Å². The second-order valence-electron chi connectivity index (χ2n) is 5.48. The number of carbonyl (C=O) groups excluding carboxylic acids is 3. The number of nitrogens with one attached hydrogen (secondary N) is 2. The van der Waals surface area contributed by atoms with E-state index in [1.54, 1.807) is 35.0 Å². The highest BCUT2D eigenvalue weighted by Gasteiger charge is 2.13. The Bertz CT molecular complexity index is 968. The van der Waals surface area contributed by atoms with Gasteiger partial charge >= 0.3 is 0 Å². The number of thiazole rings is 2. The van der Waals surface area contributed by atoms with Gasteiger partial charge in [0.25, 0.3) is 5.91 Å². The van der Waals surface area contributed by atoms with Crippen molar-refractivity contribution in [3.05, 3.63) is 58.0 Å². The summed E-state index contributed by atoms with van der Waals surface area (Å²) in [5, 5.41) is 9.55. The number of anilines is 2. The minimum Gasteiger partial charge on any atom is -0.369 e. The molecule has 0 atom stereocenters. The number of aromatic nitrogens is 2. The Labute approximate surface area is 162 Å². The lowest BCUT2D eigenvalue weighted by Gasteiger charge is -2.01. The average Bonchev–Trinajstić information content (AvgIpc) is 3.24. The van der Waals surface area contributed by atoms with Crippen molar-refractivity contribution in [3.8, 4) is 0 Å². The average molecular weight is 401 g/mol. The van der Waals surface area contributed by atoms with Gasteiger partial charge in [0.15, 0.2) is 10.3 Å². The van der Waals surface area contributed by atoms with E-state index >= 15 is 0 Å². The van der Waals surface area contributed by atoms with Crippen LogP contribution in [0.1, 0.15) is 21.7 Å². The first-order chi connectivity index (χ1) is 13.0. The van der Waals surface area contributed by atoms with Crippen molar-refractivity contribution in [2.24, 2.45) is 5.73 Å². The molecule has 27 heavy (non-hydrogen) atoms. The highest BCUT2D eigenvalue weighted by atomic mass is 32.1. The minimum absolute atomic E-state index is 0.0307. The minimum atomic E-state index is -0.481. The van der Waals surface area contributed by atoms with Gasteiger partial charge in [0, 0.05) is 16.3 Å². The summed E-state index contributed by atoms with van der Waals surface area (Å²) in [6.45, 7) is 0. The number of rotatable bonds is 7. The summed E-state index contributed by atoms with van der Waals surface area (Å²) in [7, 11) is 0. The van der Waals surface area contributed by atoms with Crippen molar-refractivity contribution in [1.29, 1.82) is 0 Å². The largest absolute Gasteiger partial charge is 0.369 e. The van der Waals surface area contributed by atoms with E-state index in [0.29, 0.717) is 27.2 Å². The molecule has 0 saturated heterocycles. The Kier molecular flexibility index (Phi) is 5.89. The zero-order chi connectivity index (χ0) is 19.2. The first kappa shape index (κ1) is 18.7. The Morgan fingerprint density at radius 1 is 0.889 bits per heavy atom. The Hall–Kier alpha value is -3.11. The summed E-state index contributed by atoms with van der Waals surface area (Å²) >= 11 is 2.46. The van der Waals surface area contributed by atoms with Gasteiger partial charge in [-0.15, -0.1) is 22.7 Å². The topological polar surface area (TPSA) is 127 Å². The van der Waals surface area contributed by atoms with Gasteiger partial charge in [-0.05, 0) is 12.1 Å². The van der Waals surface area contributed by atoms with Gasteiger partial charge in [-0.2, -0.15) is 0 Å². The van der Waals surface area contributed by atoms with Crippen LogP contribution in [-0.2, 0) is 22.4 Å². The smallest absolute Gasteiger partial charge is 0.257 e. The highest BCUT2D eigenvalue weighted by molar-refractivity contribution is 7.14. The van der Waals surface area contributed by atoms with Crippen LogP contribution in [0.25, 0.3) is 0 Å². The highest BCUT2D eigenvalue weighted by Crippen LogP contribution is 2.19. The fourth-order valence-electron chi connectivity index (χ4n) is 2.16. The maximum atomic E-state index is 12.1. The van der Waals surface area contributed by atoms with Gasteiger partial charge in [-0.1, -0.05) is 18.2 Å². The molecule has 0 aliphatic carbocycles. The van der Waals surface area contributed by atoms with Crippen LogP contribution in [0.5, 0.6) is 0 Å². The molecule has 8 nitrogen and oxygen atoms in total. The van der Waals surface area contributed by atoms with E-state index in [9.17, 15) is 14.4 Å². The van der Waals surface area contributed by atoms with E-state index in [-0.39, 0.29) is 24.7 Å². The van der Waals surface area contributed by atoms with E-state index in [2.05, 4.69) is 20.6 Å². The normalized spacial score (nSPS) is 10.4. The lowest BCUT2D eigenvalue weighted by atomic mass is 10.2. The molecule has 0 aliphatic rings. The van der Waals surface area contributed by atoms with E-state index in [1.807, 2.05) is 6.07 Å². The van der Waals surface area contributed by atoms with E-state index in [1.165, 1.54) is 22.7 Å². The van der Waals surface area contributed by atoms with E-state index < -0.39 is 5.91 Å². The first-order valence-electron chi connectivity index (χ1n) is 7.83. The molecule has 0 spiro atoms. The Morgan fingerprint density at radius 2 is 1.48 bits per heavy atom. The molecule has 10 heteroatoms. The Morgan fingerprint density at radius 3 is 2.11 bits per heavy atom. The number of hydrogen-bond acceptors (Lipinski definition) is 7. The fourth-order valence-corrected chi connectivity index (χ4v) is 3.59. The summed E-state index contributed by atoms with van der Waals surface area (Å²) in [5.74, 6) is -1.03. The molecule has 1 aromatic carbocycles. The number of amides is 3. The molecule has 4 N–H and O–H groups in total. The number of primary amides is 1. The lowest BCUT2D eigenvalue weighted by molar-refractivity contribution is -0.117. The number of nitrogens with zero attached hydrogens (tertiary/aromatic N) is 2. The second kappa shape index (κ2) is 8.52. The third kappa shape index (κ3) is 5.43. The molecular formula is C17H15N5O3S2. The van der Waals surface area contributed by atoms with Crippen LogP contribution in [0.3, 0.4) is 0 Å². The van der Waals surface area contributed by atoms with E-state index in [0.717, 1.165) is 0 Å². The lowest BCUT2D eigenvalue weighted by Crippen LogP contribution is -2.16. The van der Waals surface area contributed by atoms with Crippen LogP contribution in [0.4, 0.5) is 10.3 Å². The molecule has 3 aromatic rings. The molecule has 0 fully saturated rings. The van der Waals surface area contributed by atoms with Gasteiger partial charge < -0.3 is 11.1 Å². The number of benzene rings is 1. The molecule has 3 rings (SSSR count). The third-order valence-electron chi connectivity index (χ3n) is 3.30. The molecule has 0 radical (unpaired) electrons. The van der Waals surface area contributed by atoms with Crippen molar-refractivity contribution < 1.29 is 14.4 Å². The van der Waals surface area contributed by atoms with Gasteiger partial charge in [0.05, 0.1) is 24.2 Å². The van der Waals surface area contributed by atoms with Crippen LogP contribution in [0.15, 0.2) is 41.1 Å². The SMILES string of the molecule is NC(=O)Cc1csc(NC(=O)Cc2csc(NC(=O)c3ccccc3)n2)n1. The van der Waals surface area contributed by atoms with Crippen LogP contribution in [-0.4, -0.2) is 27.7 Å². The molecule has 3 amide bonds. The fraction of sp³-hybridized carbons (Fsp3) is 0.118. The van der Waals surface area contributed by atoms with Crippen LogP contribution in [0.2, 0.25) is 0 Å². The maximum Gasteiger partial charge on any atom is 0.257 e. The van der Waals surface area contributed by atoms with Gasteiger partial charge in [0.2, 0.25) is 11.8 Å². The molecule has 138 valence electrons. The monoisotopic (exact) mass is 401 g/mol. The number of hydrogen-bond donors (Lipinski definition) is 3. The second-order valence-corrected chi connectivity index (χ2v) is 7.19. The predicted octanol–water partition coefficient (Wildman–Crippen LogP) is 2.06. The van der Waals surface area contributed by atoms with Crippen molar-refractivity contribution in [3.63, 3.8) is 0 Å². The van der Waals surface area contributed by atoms with Gasteiger partial charge in [-0.3, -0.25) is 19.7 Å². The van der Waals surface area contributed by atoms with Crippen molar-refractivity contribution in [2.45, 2.75) is 12.8 Å². The van der Waals surface area contributed by atoms with E-state index in [4.69, 9.17) is 5.73 Å².